The SMILES string of the molecule is NC(=O)S.[H-].[H-].[K+].[K+]. The molecule has 0 atom stereocenters. The van der Waals surface area contributed by atoms with Gasteiger partial charge in [0, 0.05) is 0 Å². The van der Waals surface area contributed by atoms with Gasteiger partial charge in [-0.1, -0.05) is 12.6 Å². The van der Waals surface area contributed by atoms with Gasteiger partial charge in [-0.2, -0.15) is 0 Å². The summed E-state index contributed by atoms with van der Waals surface area (Å²) in [5.74, 6) is 0. The van der Waals surface area contributed by atoms with Gasteiger partial charge in [0.05, 0.1) is 0 Å². The van der Waals surface area contributed by atoms with Crippen LogP contribution < -0.4 is 109 Å². The molecule has 0 spiro atoms. The number of rotatable bonds is 0. The molecule has 0 rings (SSSR count). The Morgan fingerprint density at radius 2 is 1.67 bits per heavy atom. The molecule has 0 saturated heterocycles. The smallest absolute Gasteiger partial charge is 1.00 e. The van der Waals surface area contributed by atoms with E-state index in [1.807, 2.05) is 0 Å². The standard InChI is InChI=1S/CH3NOS.2K.2H/c2-1(3)4;;;;/h(H3,2,3,4);;;;/q;2*+1;2*-1. The number of amides is 1. The van der Waals surface area contributed by atoms with Crippen LogP contribution in [0.25, 0.3) is 0 Å². The maximum Gasteiger partial charge on any atom is 1.00 e. The van der Waals surface area contributed by atoms with Crippen LogP contribution in [0.15, 0.2) is 0 Å². The average Bonchev–Trinajstić information content (AvgIpc) is 0.811. The van der Waals surface area contributed by atoms with Crippen LogP contribution in [0.2, 0.25) is 0 Å². The predicted molar refractivity (Wildman–Crippen MR) is 20.8 cm³/mol. The fraction of sp³-hybridized carbons (Fsp3) is 0. The molecule has 5 heteroatoms. The minimum atomic E-state index is -0.639. The Balaban J connectivity index is -0.00000000750. The van der Waals surface area contributed by atoms with Crippen molar-refractivity contribution < 1.29 is 110 Å². The van der Waals surface area contributed by atoms with Crippen molar-refractivity contribution >= 4 is 17.9 Å². The van der Waals surface area contributed by atoms with Gasteiger partial charge in [-0.05, 0) is 0 Å². The van der Waals surface area contributed by atoms with Crippen LogP contribution in [0.5, 0.6) is 0 Å². The Kier molecular flexibility index (Phi) is 29.3. The van der Waals surface area contributed by atoms with E-state index in [-0.39, 0.29) is 106 Å². The van der Waals surface area contributed by atoms with Gasteiger partial charge < -0.3 is 8.59 Å². The van der Waals surface area contributed by atoms with Crippen LogP contribution in [0.4, 0.5) is 4.79 Å². The third-order valence-electron chi connectivity index (χ3n) is 0. The van der Waals surface area contributed by atoms with Crippen LogP contribution in [0.1, 0.15) is 2.85 Å². The second-order valence-electron chi connectivity index (χ2n) is 0.338. The zero-order valence-electron chi connectivity index (χ0n) is 5.93. The van der Waals surface area contributed by atoms with Crippen molar-refractivity contribution in [2.75, 3.05) is 0 Å². The molecule has 0 aromatic heterocycles. The van der Waals surface area contributed by atoms with Crippen molar-refractivity contribution in [2.45, 2.75) is 0 Å². The maximum atomic E-state index is 9.09. The molecule has 0 aromatic rings. The van der Waals surface area contributed by atoms with E-state index in [1.54, 1.807) is 0 Å². The maximum absolute atomic E-state index is 9.09. The summed E-state index contributed by atoms with van der Waals surface area (Å²) in [4.78, 5) is 9.09. The molecule has 0 saturated carbocycles. The Bertz CT molecular complexity index is 43.0. The topological polar surface area (TPSA) is 43.1 Å². The van der Waals surface area contributed by atoms with E-state index in [4.69, 9.17) is 4.79 Å². The summed E-state index contributed by atoms with van der Waals surface area (Å²) in [6.45, 7) is 0. The fourth-order valence-electron chi connectivity index (χ4n) is 0. The van der Waals surface area contributed by atoms with Gasteiger partial charge in [0.1, 0.15) is 0 Å². The normalized spacial score (nSPS) is 4.17. The van der Waals surface area contributed by atoms with Gasteiger partial charge in [0.25, 0.3) is 5.24 Å². The summed E-state index contributed by atoms with van der Waals surface area (Å²) >= 11 is 3.10. The molecular weight excluding hydrogens is 152 g/mol. The second-order valence-corrected chi connectivity index (χ2v) is 0.779. The van der Waals surface area contributed by atoms with Gasteiger partial charge in [-0.25, -0.2) is 0 Å². The van der Waals surface area contributed by atoms with Crippen molar-refractivity contribution in [3.63, 3.8) is 0 Å². The van der Waals surface area contributed by atoms with Crippen molar-refractivity contribution in [1.29, 1.82) is 0 Å². The monoisotopic (exact) mass is 157 g/mol. The van der Waals surface area contributed by atoms with Crippen LogP contribution in [-0.4, -0.2) is 5.24 Å². The number of carbonyl (C=O) groups is 1. The Hall–Kier alpha value is 3.09. The second kappa shape index (κ2) is 11.0. The molecule has 0 radical (unpaired) electrons. The molecule has 1 amide bonds. The summed E-state index contributed by atoms with van der Waals surface area (Å²) in [6.07, 6.45) is 0. The van der Waals surface area contributed by atoms with Crippen molar-refractivity contribution in [2.24, 2.45) is 5.73 Å². The number of thiol groups is 1. The zero-order chi connectivity index (χ0) is 3.58. The molecule has 0 fully saturated rings. The molecular formula is CH5K2NOS. The predicted octanol–water partition coefficient (Wildman–Crippen LogP) is -5.77. The minimum Gasteiger partial charge on any atom is -1.00 e. The van der Waals surface area contributed by atoms with Crippen molar-refractivity contribution in [1.82, 2.24) is 0 Å². The Morgan fingerprint density at radius 1 is 1.67 bits per heavy atom. The third kappa shape index (κ3) is 27.5. The van der Waals surface area contributed by atoms with Crippen molar-refractivity contribution in [3.8, 4) is 0 Å². The van der Waals surface area contributed by atoms with Gasteiger partial charge in [-0.15, -0.1) is 0 Å². The first kappa shape index (κ1) is 16.0. The molecule has 0 aromatic carbocycles. The van der Waals surface area contributed by atoms with E-state index in [0.29, 0.717) is 0 Å². The first-order valence-electron chi connectivity index (χ1n) is 0.716. The number of carbonyl (C=O) groups excluding carboxylic acids is 1. The zero-order valence-corrected chi connectivity index (χ0v) is 11.1. The first-order valence-corrected chi connectivity index (χ1v) is 1.16. The van der Waals surface area contributed by atoms with Crippen LogP contribution in [0, 0.1) is 0 Å². The molecule has 0 heterocycles. The number of hydrogen-bond donors (Lipinski definition) is 2. The summed E-state index contributed by atoms with van der Waals surface area (Å²) in [6, 6.07) is 0. The molecule has 0 aliphatic rings. The fourth-order valence-corrected chi connectivity index (χ4v) is 0. The van der Waals surface area contributed by atoms with Crippen LogP contribution in [0.3, 0.4) is 0 Å². The molecule has 0 bridgehead atoms. The first-order chi connectivity index (χ1) is 1.73. The third-order valence-corrected chi connectivity index (χ3v) is 0. The van der Waals surface area contributed by atoms with E-state index in [9.17, 15) is 0 Å². The quantitative estimate of drug-likeness (QED) is 0.267. The molecule has 0 aliphatic heterocycles. The molecule has 6 heavy (non-hydrogen) atoms. The summed E-state index contributed by atoms with van der Waals surface area (Å²) in [7, 11) is 0. The van der Waals surface area contributed by atoms with Gasteiger partial charge in [-0.3, -0.25) is 4.79 Å². The molecule has 2 nitrogen and oxygen atoms in total. The molecule has 28 valence electrons. The Labute approximate surface area is 130 Å². The van der Waals surface area contributed by atoms with Gasteiger partial charge in [0.15, 0.2) is 0 Å². The molecule has 0 unspecified atom stereocenters. The van der Waals surface area contributed by atoms with E-state index in [0.717, 1.165) is 0 Å². The number of nitrogens with two attached hydrogens (primary N) is 1. The van der Waals surface area contributed by atoms with E-state index < -0.39 is 5.24 Å². The number of primary amides is 1. The van der Waals surface area contributed by atoms with Crippen LogP contribution in [-0.2, 0) is 0 Å². The van der Waals surface area contributed by atoms with E-state index in [2.05, 4.69) is 18.4 Å². The number of hydrogen-bond acceptors (Lipinski definition) is 1. The molecule has 0 aliphatic carbocycles. The summed E-state index contributed by atoms with van der Waals surface area (Å²) in [5.41, 5.74) is 4.34. The largest absolute Gasteiger partial charge is 1.00 e. The Morgan fingerprint density at radius 3 is 1.67 bits per heavy atom. The van der Waals surface area contributed by atoms with Crippen LogP contribution >= 0.6 is 12.6 Å². The molecule has 2 N–H and O–H groups in total. The van der Waals surface area contributed by atoms with Crippen molar-refractivity contribution in [3.05, 3.63) is 0 Å². The minimum absolute atomic E-state index is 0. The van der Waals surface area contributed by atoms with Gasteiger partial charge in [0.2, 0.25) is 0 Å². The summed E-state index contributed by atoms with van der Waals surface area (Å²) < 4.78 is 0. The summed E-state index contributed by atoms with van der Waals surface area (Å²) in [5, 5.41) is -0.639. The van der Waals surface area contributed by atoms with E-state index in [1.165, 1.54) is 0 Å². The average molecular weight is 157 g/mol. The van der Waals surface area contributed by atoms with E-state index >= 15 is 0 Å². The van der Waals surface area contributed by atoms with Gasteiger partial charge >= 0.3 is 103 Å².